The number of benzene rings is 1. The van der Waals surface area contributed by atoms with E-state index in [1.807, 2.05) is 40.3 Å². The Labute approximate surface area is 128 Å². The molecule has 0 unspecified atom stereocenters. The van der Waals surface area contributed by atoms with Gasteiger partial charge in [0.15, 0.2) is 0 Å². The molecule has 5 nitrogen and oxygen atoms in total. The van der Waals surface area contributed by atoms with Gasteiger partial charge in [-0.3, -0.25) is 14.5 Å². The molecular formula is C15H20N2O3S. The molecule has 1 amide bonds. The third-order valence-electron chi connectivity index (χ3n) is 3.57. The summed E-state index contributed by atoms with van der Waals surface area (Å²) in [6.45, 7) is 2.63. The molecule has 114 valence electrons. The van der Waals surface area contributed by atoms with Crippen molar-refractivity contribution in [2.75, 3.05) is 39.0 Å². The first-order valence-electron chi connectivity index (χ1n) is 6.98. The Hall–Kier alpha value is -1.53. The van der Waals surface area contributed by atoms with E-state index in [-0.39, 0.29) is 12.5 Å². The summed E-state index contributed by atoms with van der Waals surface area (Å²) in [7, 11) is 0. The lowest BCUT2D eigenvalue weighted by molar-refractivity contribution is -0.138. The Kier molecular flexibility index (Phi) is 5.64. The summed E-state index contributed by atoms with van der Waals surface area (Å²) >= 11 is 1.57. The van der Waals surface area contributed by atoms with Crippen molar-refractivity contribution in [3.05, 3.63) is 29.8 Å². The van der Waals surface area contributed by atoms with E-state index in [1.54, 1.807) is 11.8 Å². The van der Waals surface area contributed by atoms with Gasteiger partial charge >= 0.3 is 5.97 Å². The highest BCUT2D eigenvalue weighted by molar-refractivity contribution is 7.98. The Morgan fingerprint density at radius 1 is 1.19 bits per heavy atom. The summed E-state index contributed by atoms with van der Waals surface area (Å²) in [5.41, 5.74) is 0.733. The minimum atomic E-state index is -0.817. The van der Waals surface area contributed by atoms with Crippen molar-refractivity contribution < 1.29 is 14.7 Å². The SMILES string of the molecule is CSc1ccccc1C(=O)N1CCCN(CC(=O)O)CC1. The van der Waals surface area contributed by atoms with Crippen molar-refractivity contribution in [1.29, 1.82) is 0 Å². The van der Waals surface area contributed by atoms with Crippen molar-refractivity contribution >= 4 is 23.6 Å². The van der Waals surface area contributed by atoms with E-state index in [0.717, 1.165) is 23.4 Å². The molecule has 0 radical (unpaired) electrons. The maximum absolute atomic E-state index is 12.6. The lowest BCUT2D eigenvalue weighted by Gasteiger charge is -2.22. The summed E-state index contributed by atoms with van der Waals surface area (Å²) in [5.74, 6) is -0.778. The zero-order chi connectivity index (χ0) is 15.2. The molecule has 0 atom stereocenters. The van der Waals surface area contributed by atoms with E-state index in [1.165, 1.54) is 0 Å². The maximum atomic E-state index is 12.6. The number of carbonyl (C=O) groups is 2. The van der Waals surface area contributed by atoms with Gasteiger partial charge in [-0.15, -0.1) is 11.8 Å². The number of rotatable bonds is 4. The highest BCUT2D eigenvalue weighted by atomic mass is 32.2. The topological polar surface area (TPSA) is 60.9 Å². The lowest BCUT2D eigenvalue weighted by atomic mass is 10.2. The number of nitrogens with zero attached hydrogens (tertiary/aromatic N) is 2. The molecule has 1 fully saturated rings. The lowest BCUT2D eigenvalue weighted by Crippen LogP contribution is -2.36. The smallest absolute Gasteiger partial charge is 0.317 e. The van der Waals surface area contributed by atoms with Gasteiger partial charge in [0.1, 0.15) is 0 Å². The molecule has 6 heteroatoms. The quantitative estimate of drug-likeness (QED) is 0.857. The average Bonchev–Trinajstić information content (AvgIpc) is 2.71. The third-order valence-corrected chi connectivity index (χ3v) is 4.37. The van der Waals surface area contributed by atoms with Gasteiger partial charge < -0.3 is 10.0 Å². The van der Waals surface area contributed by atoms with Crippen LogP contribution in [0.4, 0.5) is 0 Å². The Balaban J connectivity index is 2.05. The number of thioether (sulfide) groups is 1. The van der Waals surface area contributed by atoms with Crippen LogP contribution < -0.4 is 0 Å². The number of aliphatic carboxylic acids is 1. The first-order chi connectivity index (χ1) is 10.1. The number of carbonyl (C=O) groups excluding carboxylic acids is 1. The molecule has 1 saturated heterocycles. The van der Waals surface area contributed by atoms with E-state index in [4.69, 9.17) is 5.11 Å². The monoisotopic (exact) mass is 308 g/mol. The second kappa shape index (κ2) is 7.47. The Morgan fingerprint density at radius 2 is 1.95 bits per heavy atom. The molecule has 0 spiro atoms. The van der Waals surface area contributed by atoms with Crippen LogP contribution in [-0.4, -0.2) is 65.8 Å². The summed E-state index contributed by atoms with van der Waals surface area (Å²) in [5, 5.41) is 8.85. The van der Waals surface area contributed by atoms with Crippen molar-refractivity contribution in [3.8, 4) is 0 Å². The summed E-state index contributed by atoms with van der Waals surface area (Å²) in [6, 6.07) is 7.61. The molecule has 21 heavy (non-hydrogen) atoms. The normalized spacial score (nSPS) is 16.5. The molecule has 0 saturated carbocycles. The van der Waals surface area contributed by atoms with Gasteiger partial charge in [0, 0.05) is 31.1 Å². The van der Waals surface area contributed by atoms with Crippen LogP contribution in [0.3, 0.4) is 0 Å². The van der Waals surface area contributed by atoms with Crippen molar-refractivity contribution in [3.63, 3.8) is 0 Å². The molecule has 1 N–H and O–H groups in total. The molecule has 1 aromatic carbocycles. The predicted molar refractivity (Wildman–Crippen MR) is 82.8 cm³/mol. The second-order valence-corrected chi connectivity index (χ2v) is 5.86. The fourth-order valence-electron chi connectivity index (χ4n) is 2.52. The highest BCUT2D eigenvalue weighted by Crippen LogP contribution is 2.21. The van der Waals surface area contributed by atoms with Crippen LogP contribution in [0.5, 0.6) is 0 Å². The third kappa shape index (κ3) is 4.22. The second-order valence-electron chi connectivity index (χ2n) is 5.02. The Morgan fingerprint density at radius 3 is 2.67 bits per heavy atom. The van der Waals surface area contributed by atoms with Crippen molar-refractivity contribution in [2.24, 2.45) is 0 Å². The van der Waals surface area contributed by atoms with E-state index in [9.17, 15) is 9.59 Å². The fourth-order valence-corrected chi connectivity index (χ4v) is 3.10. The van der Waals surface area contributed by atoms with Crippen molar-refractivity contribution in [1.82, 2.24) is 9.80 Å². The number of hydrogen-bond donors (Lipinski definition) is 1. The van der Waals surface area contributed by atoms with Gasteiger partial charge in [0.2, 0.25) is 0 Å². The molecule has 1 aliphatic rings. The number of amides is 1. The van der Waals surface area contributed by atoms with Gasteiger partial charge in [0.25, 0.3) is 5.91 Å². The zero-order valence-electron chi connectivity index (χ0n) is 12.1. The van der Waals surface area contributed by atoms with Crippen LogP contribution >= 0.6 is 11.8 Å². The van der Waals surface area contributed by atoms with Gasteiger partial charge in [-0.2, -0.15) is 0 Å². The van der Waals surface area contributed by atoms with Crippen LogP contribution in [0.1, 0.15) is 16.8 Å². The number of carboxylic acid groups (broad SMARTS) is 1. The molecule has 1 aromatic rings. The molecule has 1 heterocycles. The molecule has 0 aromatic heterocycles. The van der Waals surface area contributed by atoms with E-state index in [2.05, 4.69) is 0 Å². The summed E-state index contributed by atoms with van der Waals surface area (Å²) in [6.07, 6.45) is 2.77. The minimum absolute atomic E-state index is 0.0390. The summed E-state index contributed by atoms with van der Waals surface area (Å²) < 4.78 is 0. The van der Waals surface area contributed by atoms with Crippen molar-refractivity contribution in [2.45, 2.75) is 11.3 Å². The predicted octanol–water partition coefficient (Wildman–Crippen LogP) is 1.64. The van der Waals surface area contributed by atoms with Gasteiger partial charge in [-0.05, 0) is 24.8 Å². The molecule has 2 rings (SSSR count). The fraction of sp³-hybridized carbons (Fsp3) is 0.467. The van der Waals surface area contributed by atoms with Gasteiger partial charge in [-0.1, -0.05) is 12.1 Å². The average molecular weight is 308 g/mol. The van der Waals surface area contributed by atoms with Crippen LogP contribution in [0.2, 0.25) is 0 Å². The first-order valence-corrected chi connectivity index (χ1v) is 8.20. The van der Waals surface area contributed by atoms with Gasteiger partial charge in [0.05, 0.1) is 12.1 Å². The number of hydrogen-bond acceptors (Lipinski definition) is 4. The summed E-state index contributed by atoms with van der Waals surface area (Å²) in [4.78, 5) is 28.1. The van der Waals surface area contributed by atoms with Crippen LogP contribution in [0.15, 0.2) is 29.2 Å². The molecule has 0 bridgehead atoms. The molecule has 1 aliphatic heterocycles. The molecular weight excluding hydrogens is 288 g/mol. The van der Waals surface area contributed by atoms with Crippen LogP contribution in [0.25, 0.3) is 0 Å². The number of carboxylic acids is 1. The highest BCUT2D eigenvalue weighted by Gasteiger charge is 2.22. The van der Waals surface area contributed by atoms with Crippen LogP contribution in [-0.2, 0) is 4.79 Å². The van der Waals surface area contributed by atoms with E-state index in [0.29, 0.717) is 19.6 Å². The zero-order valence-corrected chi connectivity index (χ0v) is 12.9. The van der Waals surface area contributed by atoms with Crippen LogP contribution in [0, 0.1) is 0 Å². The first kappa shape index (κ1) is 15.9. The largest absolute Gasteiger partial charge is 0.480 e. The Bertz CT molecular complexity index is 521. The van der Waals surface area contributed by atoms with E-state index >= 15 is 0 Å². The van der Waals surface area contributed by atoms with Gasteiger partial charge in [-0.25, -0.2) is 0 Å². The molecule has 0 aliphatic carbocycles. The standard InChI is InChI=1S/C15H20N2O3S/c1-21-13-6-3-2-5-12(13)15(20)17-8-4-7-16(9-10-17)11-14(18)19/h2-3,5-6H,4,7-11H2,1H3,(H,18,19). The minimum Gasteiger partial charge on any atom is -0.480 e. The maximum Gasteiger partial charge on any atom is 0.317 e. The van der Waals surface area contributed by atoms with E-state index < -0.39 is 5.97 Å².